The summed E-state index contributed by atoms with van der Waals surface area (Å²) in [4.78, 5) is 4.36. The number of methoxy groups -OCH3 is 3. The molecule has 2 aromatic rings. The zero-order chi connectivity index (χ0) is 18.1. The maximum absolute atomic E-state index is 5.95. The van der Waals surface area contributed by atoms with Crippen molar-refractivity contribution in [2.24, 2.45) is 10.7 Å². The summed E-state index contributed by atoms with van der Waals surface area (Å²) in [5.41, 5.74) is 7.83. The van der Waals surface area contributed by atoms with E-state index in [4.69, 9.17) is 19.9 Å². The molecule has 0 unspecified atom stereocenters. The van der Waals surface area contributed by atoms with E-state index in [1.807, 2.05) is 42.5 Å². The van der Waals surface area contributed by atoms with Gasteiger partial charge in [0, 0.05) is 6.54 Å². The highest BCUT2D eigenvalue weighted by Crippen LogP contribution is 2.25. The van der Waals surface area contributed by atoms with Crippen LogP contribution in [0.4, 0.5) is 5.69 Å². The van der Waals surface area contributed by atoms with Crippen LogP contribution in [0.5, 0.6) is 17.2 Å². The summed E-state index contributed by atoms with van der Waals surface area (Å²) in [7, 11) is 4.94. The number of aryl methyl sites for hydroxylation is 1. The highest BCUT2D eigenvalue weighted by atomic mass is 127. The molecule has 0 bridgehead atoms. The molecule has 0 amide bonds. The van der Waals surface area contributed by atoms with Gasteiger partial charge in [-0.25, -0.2) is 0 Å². The minimum absolute atomic E-state index is 0. The van der Waals surface area contributed by atoms with E-state index >= 15 is 0 Å². The van der Waals surface area contributed by atoms with Crippen LogP contribution in [0.25, 0.3) is 0 Å². The quantitative estimate of drug-likeness (QED) is 0.266. The Morgan fingerprint density at radius 2 is 1.73 bits per heavy atom. The molecule has 0 saturated carbocycles. The number of nitrogens with one attached hydrogen (secondary N) is 1. The molecule has 0 fully saturated rings. The normalized spacial score (nSPS) is 10.7. The molecule has 0 aliphatic rings. The van der Waals surface area contributed by atoms with Crippen LogP contribution in [0.2, 0.25) is 0 Å². The Bertz CT molecular complexity index is 723. The Kier molecular flexibility index (Phi) is 9.64. The minimum atomic E-state index is 0. The van der Waals surface area contributed by atoms with E-state index < -0.39 is 0 Å². The number of anilines is 1. The van der Waals surface area contributed by atoms with Crippen LogP contribution in [0, 0.1) is 0 Å². The number of benzene rings is 2. The van der Waals surface area contributed by atoms with Crippen LogP contribution < -0.4 is 25.3 Å². The second kappa shape index (κ2) is 11.5. The van der Waals surface area contributed by atoms with Gasteiger partial charge in [-0.2, -0.15) is 0 Å². The van der Waals surface area contributed by atoms with Crippen molar-refractivity contribution in [3.05, 3.63) is 48.0 Å². The lowest BCUT2D eigenvalue weighted by Crippen LogP contribution is -2.23. The van der Waals surface area contributed by atoms with Crippen molar-refractivity contribution in [3.63, 3.8) is 0 Å². The fraction of sp³-hybridized carbons (Fsp3) is 0.316. The number of nitrogens with zero attached hydrogens (tertiary/aromatic N) is 1. The summed E-state index contributed by atoms with van der Waals surface area (Å²) in [6.07, 6.45) is 1.67. The summed E-state index contributed by atoms with van der Waals surface area (Å²) >= 11 is 0. The van der Waals surface area contributed by atoms with Gasteiger partial charge in [-0.1, -0.05) is 12.1 Å². The van der Waals surface area contributed by atoms with Gasteiger partial charge in [-0.15, -0.1) is 24.0 Å². The lowest BCUT2D eigenvalue weighted by atomic mass is 10.1. The third-order valence-corrected chi connectivity index (χ3v) is 3.74. The van der Waals surface area contributed by atoms with E-state index in [-0.39, 0.29) is 24.0 Å². The maximum atomic E-state index is 5.95. The number of halogens is 1. The average Bonchev–Trinajstić information content (AvgIpc) is 2.65. The molecule has 0 aliphatic heterocycles. The van der Waals surface area contributed by atoms with E-state index in [1.165, 1.54) is 0 Å². The molecule has 142 valence electrons. The molecule has 0 aromatic heterocycles. The molecule has 6 nitrogen and oxygen atoms in total. The fourth-order valence-electron chi connectivity index (χ4n) is 2.47. The topological polar surface area (TPSA) is 78.1 Å². The zero-order valence-electron chi connectivity index (χ0n) is 15.3. The first-order valence-corrected chi connectivity index (χ1v) is 8.08. The number of guanidine groups is 1. The molecule has 3 N–H and O–H groups in total. The first-order valence-electron chi connectivity index (χ1n) is 8.08. The summed E-state index contributed by atoms with van der Waals surface area (Å²) in [5, 5.41) is 3.06. The van der Waals surface area contributed by atoms with Gasteiger partial charge < -0.3 is 25.3 Å². The predicted octanol–water partition coefficient (Wildman–Crippen LogP) is 3.69. The van der Waals surface area contributed by atoms with Gasteiger partial charge in [0.1, 0.15) is 17.2 Å². The van der Waals surface area contributed by atoms with Crippen LogP contribution in [-0.2, 0) is 6.42 Å². The number of hydrogen-bond donors (Lipinski definition) is 2. The van der Waals surface area contributed by atoms with Crippen molar-refractivity contribution in [2.45, 2.75) is 12.8 Å². The lowest BCUT2D eigenvalue weighted by molar-refractivity contribution is 0.398. The number of rotatable bonds is 8. The van der Waals surface area contributed by atoms with E-state index in [0.29, 0.717) is 12.5 Å². The largest absolute Gasteiger partial charge is 0.497 e. The van der Waals surface area contributed by atoms with Crippen molar-refractivity contribution in [1.82, 2.24) is 0 Å². The van der Waals surface area contributed by atoms with Gasteiger partial charge in [-0.3, -0.25) is 4.99 Å². The molecule has 0 atom stereocenters. The SMILES string of the molecule is COc1ccc(OC)c(CCCN=C(N)Nc2ccccc2OC)c1.I. The molecule has 0 aliphatic carbocycles. The number of nitrogens with two attached hydrogens (primary N) is 1. The molecule has 0 spiro atoms. The second-order valence-electron chi connectivity index (χ2n) is 5.37. The molecule has 0 heterocycles. The highest BCUT2D eigenvalue weighted by molar-refractivity contribution is 14.0. The monoisotopic (exact) mass is 471 g/mol. The van der Waals surface area contributed by atoms with E-state index in [2.05, 4.69) is 10.3 Å². The van der Waals surface area contributed by atoms with Crippen molar-refractivity contribution in [1.29, 1.82) is 0 Å². The van der Waals surface area contributed by atoms with Crippen LogP contribution in [-0.4, -0.2) is 33.8 Å². The molecular formula is C19H26IN3O3. The van der Waals surface area contributed by atoms with E-state index in [1.54, 1.807) is 21.3 Å². The first-order chi connectivity index (χ1) is 12.2. The zero-order valence-corrected chi connectivity index (χ0v) is 17.7. The second-order valence-corrected chi connectivity index (χ2v) is 5.37. The van der Waals surface area contributed by atoms with Crippen molar-refractivity contribution < 1.29 is 14.2 Å². The Balaban J connectivity index is 0.00000338. The van der Waals surface area contributed by atoms with E-state index in [9.17, 15) is 0 Å². The van der Waals surface area contributed by atoms with Crippen molar-refractivity contribution in [2.75, 3.05) is 33.2 Å². The number of aliphatic imine (C=N–C) groups is 1. The highest BCUT2D eigenvalue weighted by Gasteiger charge is 2.05. The smallest absolute Gasteiger partial charge is 0.193 e. The maximum Gasteiger partial charge on any atom is 0.193 e. The average molecular weight is 471 g/mol. The van der Waals surface area contributed by atoms with Crippen LogP contribution in [0.15, 0.2) is 47.5 Å². The minimum Gasteiger partial charge on any atom is -0.497 e. The predicted molar refractivity (Wildman–Crippen MR) is 116 cm³/mol. The van der Waals surface area contributed by atoms with Gasteiger partial charge in [0.15, 0.2) is 5.96 Å². The molecule has 0 radical (unpaired) electrons. The summed E-state index contributed by atoms with van der Waals surface area (Å²) < 4.78 is 15.9. The molecule has 2 aromatic carbocycles. The van der Waals surface area contributed by atoms with Gasteiger partial charge in [0.2, 0.25) is 0 Å². The number of para-hydroxylation sites is 2. The van der Waals surface area contributed by atoms with Gasteiger partial charge in [0.25, 0.3) is 0 Å². The summed E-state index contributed by atoms with van der Waals surface area (Å²) in [6, 6.07) is 13.3. The van der Waals surface area contributed by atoms with E-state index in [0.717, 1.165) is 41.3 Å². The van der Waals surface area contributed by atoms with Gasteiger partial charge in [-0.05, 0) is 48.7 Å². The van der Waals surface area contributed by atoms with Gasteiger partial charge in [0.05, 0.1) is 27.0 Å². The number of ether oxygens (including phenoxy) is 3. The molecule has 7 heteroatoms. The van der Waals surface area contributed by atoms with Crippen molar-refractivity contribution >= 4 is 35.6 Å². The third-order valence-electron chi connectivity index (χ3n) is 3.74. The summed E-state index contributed by atoms with van der Waals surface area (Å²) in [5.74, 6) is 2.76. The van der Waals surface area contributed by atoms with Crippen LogP contribution >= 0.6 is 24.0 Å². The lowest BCUT2D eigenvalue weighted by Gasteiger charge is -2.11. The molecule has 0 saturated heterocycles. The van der Waals surface area contributed by atoms with Crippen LogP contribution in [0.1, 0.15) is 12.0 Å². The molecule has 26 heavy (non-hydrogen) atoms. The van der Waals surface area contributed by atoms with Gasteiger partial charge >= 0.3 is 0 Å². The summed E-state index contributed by atoms with van der Waals surface area (Å²) in [6.45, 7) is 0.606. The number of hydrogen-bond acceptors (Lipinski definition) is 4. The Hall–Kier alpha value is -2.16. The fourth-order valence-corrected chi connectivity index (χ4v) is 2.47. The Labute approximate surface area is 171 Å². The Morgan fingerprint density at radius 1 is 1.00 bits per heavy atom. The Morgan fingerprint density at radius 3 is 2.42 bits per heavy atom. The molecular weight excluding hydrogens is 445 g/mol. The first kappa shape index (κ1) is 21.9. The third kappa shape index (κ3) is 6.29. The van der Waals surface area contributed by atoms with Crippen LogP contribution in [0.3, 0.4) is 0 Å². The molecule has 2 rings (SSSR count). The standard InChI is InChI=1S/C19H25N3O3.HI/c1-23-15-10-11-17(24-2)14(13-15)7-6-12-21-19(20)22-16-8-4-5-9-18(16)25-3;/h4-5,8-11,13H,6-7,12H2,1-3H3,(H3,20,21,22);1H. The van der Waals surface area contributed by atoms with Crippen molar-refractivity contribution in [3.8, 4) is 17.2 Å².